The number of fused-ring (bicyclic) bond motifs is 2. The molecule has 0 aliphatic carbocycles. The fraction of sp³-hybridized carbons (Fsp3) is 0.273. The van der Waals surface area contributed by atoms with E-state index in [1.54, 1.807) is 18.2 Å². The molecule has 1 aromatic rings. The van der Waals surface area contributed by atoms with Crippen LogP contribution in [0.3, 0.4) is 0 Å². The molecule has 4 nitrogen and oxygen atoms in total. The largest absolute Gasteiger partial charge is 0.462 e. The fourth-order valence-corrected chi connectivity index (χ4v) is 1.33. The van der Waals surface area contributed by atoms with Gasteiger partial charge >= 0.3 is 11.9 Å². The second-order valence-electron chi connectivity index (χ2n) is 3.21. The first-order valence-electron chi connectivity index (χ1n) is 4.72. The molecule has 1 radical (unpaired) electrons. The number of esters is 2. The van der Waals surface area contributed by atoms with Gasteiger partial charge in [-0.1, -0.05) is 6.07 Å². The molecule has 0 saturated carbocycles. The molecular weight excluding hydrogens is 219 g/mol. The van der Waals surface area contributed by atoms with Crippen molar-refractivity contribution >= 4 is 41.5 Å². The Labute approximate surface area is 115 Å². The SMILES string of the molecule is O=C1OCCCOC(=O)c2cccc1c2.[Na]. The van der Waals surface area contributed by atoms with Gasteiger partial charge in [0.1, 0.15) is 0 Å². The maximum Gasteiger partial charge on any atom is 0.338 e. The van der Waals surface area contributed by atoms with E-state index in [2.05, 4.69) is 0 Å². The van der Waals surface area contributed by atoms with Gasteiger partial charge in [-0.3, -0.25) is 0 Å². The topological polar surface area (TPSA) is 52.6 Å². The van der Waals surface area contributed by atoms with E-state index >= 15 is 0 Å². The molecule has 1 aromatic carbocycles. The summed E-state index contributed by atoms with van der Waals surface area (Å²) in [5.41, 5.74) is 0.762. The van der Waals surface area contributed by atoms with E-state index < -0.39 is 11.9 Å². The molecule has 2 bridgehead atoms. The van der Waals surface area contributed by atoms with Crippen molar-refractivity contribution in [3.05, 3.63) is 35.4 Å². The van der Waals surface area contributed by atoms with Gasteiger partial charge in [-0.25, -0.2) is 9.59 Å². The van der Waals surface area contributed by atoms with E-state index in [-0.39, 0.29) is 42.8 Å². The molecule has 5 heteroatoms. The van der Waals surface area contributed by atoms with Crippen molar-refractivity contribution in [2.45, 2.75) is 6.42 Å². The van der Waals surface area contributed by atoms with Crippen molar-refractivity contribution in [2.75, 3.05) is 13.2 Å². The summed E-state index contributed by atoms with van der Waals surface area (Å²) >= 11 is 0. The molecule has 0 fully saturated rings. The van der Waals surface area contributed by atoms with E-state index in [9.17, 15) is 9.59 Å². The number of cyclic esters (lactones) is 2. The van der Waals surface area contributed by atoms with Crippen molar-refractivity contribution in [1.29, 1.82) is 0 Å². The van der Waals surface area contributed by atoms with Crippen LogP contribution in [0.1, 0.15) is 27.1 Å². The zero-order valence-electron chi connectivity index (χ0n) is 9.06. The summed E-state index contributed by atoms with van der Waals surface area (Å²) in [7, 11) is 0. The molecule has 2 rings (SSSR count). The van der Waals surface area contributed by atoms with Gasteiger partial charge in [0, 0.05) is 36.0 Å². The van der Waals surface area contributed by atoms with Gasteiger partial charge in [-0.05, 0) is 18.2 Å². The molecule has 0 saturated heterocycles. The summed E-state index contributed by atoms with van der Waals surface area (Å²) in [6, 6.07) is 6.34. The zero-order valence-corrected chi connectivity index (χ0v) is 11.1. The molecule has 0 atom stereocenters. The summed E-state index contributed by atoms with van der Waals surface area (Å²) in [6.07, 6.45) is 0.530. The Balaban J connectivity index is 0.00000128. The molecule has 79 valence electrons. The number of benzene rings is 1. The molecule has 0 spiro atoms. The average Bonchev–Trinajstić information content (AvgIpc) is 2.27. The van der Waals surface area contributed by atoms with Gasteiger partial charge in [-0.2, -0.15) is 0 Å². The molecule has 0 amide bonds. The Morgan fingerprint density at radius 2 is 1.44 bits per heavy atom. The van der Waals surface area contributed by atoms with Crippen LogP contribution in [0.4, 0.5) is 0 Å². The molecular formula is C11H10NaO4. The van der Waals surface area contributed by atoms with Gasteiger partial charge in [0.15, 0.2) is 0 Å². The second-order valence-corrected chi connectivity index (χ2v) is 3.21. The quantitative estimate of drug-likeness (QED) is 0.492. The monoisotopic (exact) mass is 229 g/mol. The predicted molar refractivity (Wildman–Crippen MR) is 57.4 cm³/mol. The molecule has 1 aliphatic heterocycles. The summed E-state index contributed by atoms with van der Waals surface area (Å²) in [5.74, 6) is -0.793. The number of ether oxygens (including phenoxy) is 2. The zero-order chi connectivity index (χ0) is 10.7. The Morgan fingerprint density at radius 1 is 0.938 bits per heavy atom. The predicted octanol–water partition coefficient (Wildman–Crippen LogP) is 1.02. The van der Waals surface area contributed by atoms with Crippen molar-refractivity contribution < 1.29 is 19.1 Å². The first-order chi connectivity index (χ1) is 7.27. The van der Waals surface area contributed by atoms with Crippen LogP contribution in [-0.2, 0) is 9.47 Å². The van der Waals surface area contributed by atoms with Crippen LogP contribution < -0.4 is 0 Å². The fourth-order valence-electron chi connectivity index (χ4n) is 1.33. The third kappa shape index (κ3) is 3.07. The Hall–Kier alpha value is -0.840. The number of hydrogen-bond donors (Lipinski definition) is 0. The molecule has 1 heterocycles. The number of rotatable bonds is 0. The number of carbonyl (C=O) groups excluding carboxylic acids is 2. The third-order valence-corrected chi connectivity index (χ3v) is 2.09. The van der Waals surface area contributed by atoms with E-state index in [4.69, 9.17) is 9.47 Å². The first-order valence-corrected chi connectivity index (χ1v) is 4.72. The molecule has 0 unspecified atom stereocenters. The Kier molecular flexibility index (Phi) is 4.99. The second kappa shape index (κ2) is 6.03. The Morgan fingerprint density at radius 3 is 1.94 bits per heavy atom. The summed E-state index contributed by atoms with van der Waals surface area (Å²) in [6.45, 7) is 0.548. The van der Waals surface area contributed by atoms with Gasteiger partial charge in [-0.15, -0.1) is 0 Å². The maximum atomic E-state index is 11.4. The molecule has 0 N–H and O–H groups in total. The molecule has 0 aromatic heterocycles. The summed E-state index contributed by atoms with van der Waals surface area (Å²) in [5, 5.41) is 0. The normalized spacial score (nSPS) is 15.5. The first kappa shape index (κ1) is 13.2. The van der Waals surface area contributed by atoms with Gasteiger partial charge in [0.2, 0.25) is 0 Å². The van der Waals surface area contributed by atoms with Crippen molar-refractivity contribution in [1.82, 2.24) is 0 Å². The number of carbonyl (C=O) groups is 2. The summed E-state index contributed by atoms with van der Waals surface area (Å²) in [4.78, 5) is 22.9. The van der Waals surface area contributed by atoms with Crippen LogP contribution in [-0.4, -0.2) is 54.7 Å². The van der Waals surface area contributed by atoms with Crippen LogP contribution in [0, 0.1) is 0 Å². The van der Waals surface area contributed by atoms with Crippen LogP contribution in [0.25, 0.3) is 0 Å². The van der Waals surface area contributed by atoms with E-state index in [0.717, 1.165) is 0 Å². The van der Waals surface area contributed by atoms with Crippen LogP contribution >= 0.6 is 0 Å². The number of hydrogen-bond acceptors (Lipinski definition) is 4. The Bertz CT molecular complexity index is 369. The van der Waals surface area contributed by atoms with Crippen LogP contribution in [0.5, 0.6) is 0 Å². The van der Waals surface area contributed by atoms with Crippen molar-refractivity contribution in [2.24, 2.45) is 0 Å². The van der Waals surface area contributed by atoms with E-state index in [1.165, 1.54) is 6.07 Å². The van der Waals surface area contributed by atoms with Gasteiger partial charge in [0.25, 0.3) is 0 Å². The van der Waals surface area contributed by atoms with E-state index in [0.29, 0.717) is 17.5 Å². The van der Waals surface area contributed by atoms with Crippen molar-refractivity contribution in [3.8, 4) is 0 Å². The summed E-state index contributed by atoms with van der Waals surface area (Å²) < 4.78 is 9.92. The average molecular weight is 229 g/mol. The van der Waals surface area contributed by atoms with Gasteiger partial charge in [0.05, 0.1) is 24.3 Å². The minimum Gasteiger partial charge on any atom is -0.462 e. The van der Waals surface area contributed by atoms with E-state index in [1.807, 2.05) is 0 Å². The minimum absolute atomic E-state index is 0. The van der Waals surface area contributed by atoms with Crippen molar-refractivity contribution in [3.63, 3.8) is 0 Å². The maximum absolute atomic E-state index is 11.4. The standard InChI is InChI=1S/C11H10O4.Na/c12-10-8-3-1-4-9(7-8)11(13)15-6-2-5-14-10;/h1,3-4,7H,2,5-6H2;. The van der Waals surface area contributed by atoms with Gasteiger partial charge < -0.3 is 9.47 Å². The third-order valence-electron chi connectivity index (χ3n) is 2.09. The molecule has 1 aliphatic rings. The minimum atomic E-state index is -0.397. The van der Waals surface area contributed by atoms with Crippen LogP contribution in [0.15, 0.2) is 24.3 Å². The van der Waals surface area contributed by atoms with Crippen LogP contribution in [0.2, 0.25) is 0 Å². The smallest absolute Gasteiger partial charge is 0.338 e. The molecule has 16 heavy (non-hydrogen) atoms.